The van der Waals surface area contributed by atoms with Crippen LogP contribution >= 0.6 is 0 Å². The number of aromatic nitrogens is 2. The van der Waals surface area contributed by atoms with Crippen LogP contribution in [-0.2, 0) is 16.0 Å². The first-order valence-corrected chi connectivity index (χ1v) is 11.9. The Kier molecular flexibility index (Phi) is 6.29. The first-order chi connectivity index (χ1) is 17.4. The molecule has 2 aromatic heterocycles. The van der Waals surface area contributed by atoms with E-state index in [1.165, 1.54) is 0 Å². The van der Waals surface area contributed by atoms with E-state index < -0.39 is 18.1 Å². The van der Waals surface area contributed by atoms with E-state index in [1.807, 2.05) is 73.0 Å². The summed E-state index contributed by atoms with van der Waals surface area (Å²) in [6.07, 6.45) is 2.86. The van der Waals surface area contributed by atoms with Crippen LogP contribution in [0.4, 0.5) is 4.79 Å². The third-order valence-corrected chi connectivity index (χ3v) is 6.80. The van der Waals surface area contributed by atoms with Crippen molar-refractivity contribution in [1.82, 2.24) is 14.9 Å². The highest BCUT2D eigenvalue weighted by atomic mass is 16.5. The fourth-order valence-corrected chi connectivity index (χ4v) is 5.12. The number of carbonyl (C=O) groups is 2. The summed E-state index contributed by atoms with van der Waals surface area (Å²) in [6.45, 7) is 4.02. The number of amides is 1. The molecule has 1 unspecified atom stereocenters. The van der Waals surface area contributed by atoms with Crippen LogP contribution in [0.15, 0.2) is 79.1 Å². The zero-order chi connectivity index (χ0) is 25.2. The molecule has 0 radical (unpaired) electrons. The zero-order valence-electron chi connectivity index (χ0n) is 20.1. The molecular weight excluding hydrogens is 454 g/mol. The Hall–Kier alpha value is -4.39. The van der Waals surface area contributed by atoms with Gasteiger partial charge in [0.05, 0.1) is 11.9 Å². The Balaban J connectivity index is 1.28. The Bertz CT molecular complexity index is 1380. The van der Waals surface area contributed by atoms with Gasteiger partial charge < -0.3 is 19.7 Å². The maximum Gasteiger partial charge on any atom is 0.407 e. The first-order valence-electron chi connectivity index (χ1n) is 11.9. The number of rotatable bonds is 7. The van der Waals surface area contributed by atoms with Crippen LogP contribution < -0.4 is 5.32 Å². The number of fused-ring (bicyclic) bond motifs is 3. The van der Waals surface area contributed by atoms with E-state index >= 15 is 0 Å². The zero-order valence-corrected chi connectivity index (χ0v) is 20.1. The quantitative estimate of drug-likeness (QED) is 0.386. The van der Waals surface area contributed by atoms with Gasteiger partial charge in [0.25, 0.3) is 0 Å². The summed E-state index contributed by atoms with van der Waals surface area (Å²) < 4.78 is 7.58. The number of nitrogens with one attached hydrogen (secondary N) is 1. The van der Waals surface area contributed by atoms with Gasteiger partial charge in [-0.2, -0.15) is 0 Å². The van der Waals surface area contributed by atoms with E-state index in [2.05, 4.69) is 22.4 Å². The molecule has 1 amide bonds. The van der Waals surface area contributed by atoms with Crippen LogP contribution in [-0.4, -0.2) is 39.4 Å². The summed E-state index contributed by atoms with van der Waals surface area (Å²) in [5.41, 5.74) is 8.07. The van der Waals surface area contributed by atoms with Crippen molar-refractivity contribution in [2.75, 3.05) is 6.61 Å². The van der Waals surface area contributed by atoms with Crippen molar-refractivity contribution in [1.29, 1.82) is 0 Å². The van der Waals surface area contributed by atoms with Crippen molar-refractivity contribution in [3.63, 3.8) is 0 Å². The van der Waals surface area contributed by atoms with Crippen molar-refractivity contribution < 1.29 is 19.4 Å². The number of carbonyl (C=O) groups excluding carboxylic acids is 1. The fourth-order valence-electron chi connectivity index (χ4n) is 5.12. The van der Waals surface area contributed by atoms with Crippen LogP contribution in [0.3, 0.4) is 0 Å². The monoisotopic (exact) mass is 481 g/mol. The fraction of sp³-hybridized carbons (Fsp3) is 0.207. The first kappa shape index (κ1) is 23.4. The Labute approximate surface area is 209 Å². The van der Waals surface area contributed by atoms with Crippen molar-refractivity contribution in [3.05, 3.63) is 107 Å². The highest BCUT2D eigenvalue weighted by molar-refractivity contribution is 5.81. The summed E-state index contributed by atoms with van der Waals surface area (Å²) in [4.78, 5) is 28.9. The normalized spacial score (nSPS) is 13.1. The van der Waals surface area contributed by atoms with E-state index in [4.69, 9.17) is 4.74 Å². The number of aliphatic carboxylic acids is 1. The van der Waals surface area contributed by atoms with Gasteiger partial charge in [-0.1, -0.05) is 48.5 Å². The van der Waals surface area contributed by atoms with Gasteiger partial charge in [0, 0.05) is 29.9 Å². The van der Waals surface area contributed by atoms with E-state index in [-0.39, 0.29) is 18.9 Å². The number of pyridine rings is 1. The molecule has 2 aromatic carbocycles. The molecule has 4 aromatic rings. The number of hydrogen-bond donors (Lipinski definition) is 2. The number of benzene rings is 2. The molecule has 1 aliphatic rings. The molecule has 1 aliphatic carbocycles. The second-order valence-electron chi connectivity index (χ2n) is 9.01. The third kappa shape index (κ3) is 4.35. The number of carboxylic acid groups (broad SMARTS) is 1. The largest absolute Gasteiger partial charge is 0.480 e. The lowest BCUT2D eigenvalue weighted by Crippen LogP contribution is -2.43. The molecule has 0 fully saturated rings. The van der Waals surface area contributed by atoms with E-state index in [0.29, 0.717) is 0 Å². The maximum absolute atomic E-state index is 12.7. The Morgan fingerprint density at radius 3 is 2.31 bits per heavy atom. The van der Waals surface area contributed by atoms with Crippen LogP contribution in [0, 0.1) is 13.8 Å². The summed E-state index contributed by atoms with van der Waals surface area (Å²) in [6, 6.07) is 20.8. The number of ether oxygens (including phenoxy) is 1. The lowest BCUT2D eigenvalue weighted by Gasteiger charge is -2.18. The number of alkyl carbamates (subject to hydrolysis) is 1. The molecule has 0 saturated carbocycles. The van der Waals surface area contributed by atoms with Crippen molar-refractivity contribution in [2.24, 2.45) is 0 Å². The van der Waals surface area contributed by atoms with Gasteiger partial charge in [-0.15, -0.1) is 0 Å². The minimum Gasteiger partial charge on any atom is -0.480 e. The number of hydrogen-bond acceptors (Lipinski definition) is 4. The van der Waals surface area contributed by atoms with Crippen LogP contribution in [0.1, 0.15) is 34.0 Å². The highest BCUT2D eigenvalue weighted by Crippen LogP contribution is 2.44. The SMILES string of the molecule is Cc1cc(CC(NC(=O)OCC2c3ccccc3-c3ccccc32)C(=O)O)c(C)n1-c1cccnc1. The standard InChI is InChI=1S/C29H27N3O4/c1-18-14-20(19(2)32(18)21-8-7-13-30-16-21)15-27(28(33)34)31-29(35)36-17-26-24-11-5-3-9-22(24)23-10-4-6-12-25(23)26/h3-14,16,26-27H,15,17H2,1-2H3,(H,31,35)(H,33,34). The van der Waals surface area contributed by atoms with Gasteiger partial charge in [0.15, 0.2) is 0 Å². The van der Waals surface area contributed by atoms with Crippen molar-refractivity contribution in [2.45, 2.75) is 32.2 Å². The third-order valence-electron chi connectivity index (χ3n) is 6.80. The Morgan fingerprint density at radius 2 is 1.69 bits per heavy atom. The number of nitrogens with zero attached hydrogens (tertiary/aromatic N) is 2. The lowest BCUT2D eigenvalue weighted by molar-refractivity contribution is -0.139. The van der Waals surface area contributed by atoms with E-state index in [1.54, 1.807) is 12.4 Å². The van der Waals surface area contributed by atoms with Crippen molar-refractivity contribution in [3.8, 4) is 16.8 Å². The molecule has 36 heavy (non-hydrogen) atoms. The van der Waals surface area contributed by atoms with Gasteiger partial charge in [-0.25, -0.2) is 9.59 Å². The van der Waals surface area contributed by atoms with Gasteiger partial charge in [0.2, 0.25) is 0 Å². The molecule has 2 N–H and O–H groups in total. The molecule has 0 aliphatic heterocycles. The molecule has 1 atom stereocenters. The van der Waals surface area contributed by atoms with Gasteiger partial charge >= 0.3 is 12.1 Å². The summed E-state index contributed by atoms with van der Waals surface area (Å²) in [7, 11) is 0. The molecule has 0 spiro atoms. The predicted octanol–water partition coefficient (Wildman–Crippen LogP) is 5.02. The minimum atomic E-state index is -1.12. The van der Waals surface area contributed by atoms with Crippen molar-refractivity contribution >= 4 is 12.1 Å². The molecule has 5 rings (SSSR count). The average Bonchev–Trinajstić information content (AvgIpc) is 3.35. The molecular formula is C29H27N3O4. The molecule has 0 saturated heterocycles. The second-order valence-corrected chi connectivity index (χ2v) is 9.01. The smallest absolute Gasteiger partial charge is 0.407 e. The molecule has 182 valence electrons. The molecule has 0 bridgehead atoms. The summed E-state index contributed by atoms with van der Waals surface area (Å²) >= 11 is 0. The maximum atomic E-state index is 12.7. The second kappa shape index (κ2) is 9.70. The molecule has 7 heteroatoms. The topological polar surface area (TPSA) is 93.5 Å². The molecule has 2 heterocycles. The van der Waals surface area contributed by atoms with Gasteiger partial charge in [-0.3, -0.25) is 4.98 Å². The number of carboxylic acids is 1. The lowest BCUT2D eigenvalue weighted by atomic mass is 9.98. The van der Waals surface area contributed by atoms with Crippen LogP contribution in [0.2, 0.25) is 0 Å². The van der Waals surface area contributed by atoms with E-state index in [9.17, 15) is 14.7 Å². The predicted molar refractivity (Wildman–Crippen MR) is 136 cm³/mol. The number of aryl methyl sites for hydroxylation is 1. The van der Waals surface area contributed by atoms with Crippen LogP contribution in [0.25, 0.3) is 16.8 Å². The van der Waals surface area contributed by atoms with Gasteiger partial charge in [-0.05, 0) is 59.9 Å². The Morgan fingerprint density at radius 1 is 1.03 bits per heavy atom. The summed E-state index contributed by atoms with van der Waals surface area (Å²) in [5.74, 6) is -1.21. The molecule has 7 nitrogen and oxygen atoms in total. The van der Waals surface area contributed by atoms with Gasteiger partial charge in [0.1, 0.15) is 12.6 Å². The van der Waals surface area contributed by atoms with E-state index in [0.717, 1.165) is 44.9 Å². The van der Waals surface area contributed by atoms with Crippen LogP contribution in [0.5, 0.6) is 0 Å². The summed E-state index contributed by atoms with van der Waals surface area (Å²) in [5, 5.41) is 12.4. The average molecular weight is 482 g/mol. The highest BCUT2D eigenvalue weighted by Gasteiger charge is 2.30. The minimum absolute atomic E-state index is 0.0927.